The molecule has 2 fully saturated rings. The summed E-state index contributed by atoms with van der Waals surface area (Å²) in [5.41, 5.74) is 1.28. The van der Waals surface area contributed by atoms with Gasteiger partial charge in [0.2, 0.25) is 0 Å². The quantitative estimate of drug-likeness (QED) is 0.855. The molecule has 0 saturated carbocycles. The predicted octanol–water partition coefficient (Wildman–Crippen LogP) is 3.32. The van der Waals surface area contributed by atoms with Crippen LogP contribution in [0.25, 0.3) is 0 Å². The van der Waals surface area contributed by atoms with E-state index in [-0.39, 0.29) is 18.2 Å². The number of rotatable bonds is 2. The van der Waals surface area contributed by atoms with Crippen LogP contribution < -0.4 is 5.32 Å². The van der Waals surface area contributed by atoms with Crippen molar-refractivity contribution in [2.24, 2.45) is 5.92 Å². The minimum Gasteiger partial charge on any atom is -0.311 e. The maximum Gasteiger partial charge on any atom is 0.123 e. The third kappa shape index (κ3) is 2.99. The molecule has 0 amide bonds. The molecule has 0 aliphatic carbocycles. The number of hydrogen-bond donors (Lipinski definition) is 1. The molecule has 0 radical (unpaired) electrons. The zero-order valence-corrected chi connectivity index (χ0v) is 10.7. The molecule has 3 heteroatoms. The molecule has 3 rings (SSSR count). The molecular weight excluding hydrogens is 237 g/mol. The summed E-state index contributed by atoms with van der Waals surface area (Å²) < 4.78 is 12.8. The lowest BCUT2D eigenvalue weighted by molar-refractivity contribution is 0.298. The average Bonchev–Trinajstić information content (AvgIpc) is 2.62. The van der Waals surface area contributed by atoms with Crippen LogP contribution >= 0.6 is 12.4 Å². The third-order valence-corrected chi connectivity index (χ3v) is 4.01. The molecular formula is C14H19ClFN. The molecule has 2 aliphatic rings. The molecule has 2 bridgehead atoms. The highest BCUT2D eigenvalue weighted by molar-refractivity contribution is 5.85. The number of hydrogen-bond acceptors (Lipinski definition) is 1. The molecule has 2 unspecified atom stereocenters. The summed E-state index contributed by atoms with van der Waals surface area (Å²) in [6.45, 7) is 0. The van der Waals surface area contributed by atoms with E-state index in [2.05, 4.69) is 5.32 Å². The van der Waals surface area contributed by atoms with Gasteiger partial charge in [-0.2, -0.15) is 0 Å². The van der Waals surface area contributed by atoms with Crippen LogP contribution in [0.2, 0.25) is 0 Å². The Balaban J connectivity index is 0.00000108. The van der Waals surface area contributed by atoms with Crippen LogP contribution in [0.15, 0.2) is 24.3 Å². The van der Waals surface area contributed by atoms with Crippen LogP contribution in [0.1, 0.15) is 31.2 Å². The summed E-state index contributed by atoms with van der Waals surface area (Å²) in [5, 5.41) is 3.66. The number of benzene rings is 1. The highest BCUT2D eigenvalue weighted by atomic mass is 35.5. The van der Waals surface area contributed by atoms with E-state index in [9.17, 15) is 4.39 Å². The van der Waals surface area contributed by atoms with E-state index in [1.807, 2.05) is 12.1 Å². The lowest BCUT2D eigenvalue weighted by Gasteiger charge is -2.29. The van der Waals surface area contributed by atoms with Gasteiger partial charge in [0.25, 0.3) is 0 Å². The van der Waals surface area contributed by atoms with E-state index in [1.165, 1.54) is 31.2 Å². The number of halogens is 2. The van der Waals surface area contributed by atoms with Crippen molar-refractivity contribution in [2.75, 3.05) is 0 Å². The largest absolute Gasteiger partial charge is 0.311 e. The molecule has 94 valence electrons. The van der Waals surface area contributed by atoms with E-state index in [0.29, 0.717) is 0 Å². The Morgan fingerprint density at radius 1 is 1.06 bits per heavy atom. The average molecular weight is 256 g/mol. The normalized spacial score (nSPS) is 31.0. The molecule has 2 heterocycles. The molecule has 17 heavy (non-hydrogen) atoms. The van der Waals surface area contributed by atoms with Crippen molar-refractivity contribution in [2.45, 2.75) is 44.2 Å². The smallest absolute Gasteiger partial charge is 0.123 e. The Kier molecular flexibility index (Phi) is 4.05. The van der Waals surface area contributed by atoms with Crippen molar-refractivity contribution in [1.82, 2.24) is 5.32 Å². The summed E-state index contributed by atoms with van der Waals surface area (Å²) in [4.78, 5) is 0. The first-order chi connectivity index (χ1) is 7.79. The summed E-state index contributed by atoms with van der Waals surface area (Å²) in [7, 11) is 0. The topological polar surface area (TPSA) is 12.0 Å². The third-order valence-electron chi connectivity index (χ3n) is 4.01. The molecule has 1 N–H and O–H groups in total. The molecule has 0 spiro atoms. The SMILES string of the molecule is Cl.Fc1ccc(CC2CC3CCC(C2)N3)cc1. The van der Waals surface area contributed by atoms with Gasteiger partial charge in [-0.3, -0.25) is 0 Å². The van der Waals surface area contributed by atoms with Gasteiger partial charge >= 0.3 is 0 Å². The predicted molar refractivity (Wildman–Crippen MR) is 70.0 cm³/mol. The van der Waals surface area contributed by atoms with Gasteiger partial charge in [-0.15, -0.1) is 12.4 Å². The first-order valence-electron chi connectivity index (χ1n) is 6.30. The second-order valence-electron chi connectivity index (χ2n) is 5.31. The Bertz CT molecular complexity index is 353. The van der Waals surface area contributed by atoms with Gasteiger partial charge < -0.3 is 5.32 Å². The second-order valence-corrected chi connectivity index (χ2v) is 5.31. The van der Waals surface area contributed by atoms with Crippen molar-refractivity contribution in [3.05, 3.63) is 35.6 Å². The highest BCUT2D eigenvalue weighted by Gasteiger charge is 2.33. The zero-order chi connectivity index (χ0) is 11.0. The number of nitrogens with one attached hydrogen (secondary N) is 1. The maximum absolute atomic E-state index is 12.8. The number of fused-ring (bicyclic) bond motifs is 2. The van der Waals surface area contributed by atoms with E-state index >= 15 is 0 Å². The van der Waals surface area contributed by atoms with Crippen LogP contribution in [0.5, 0.6) is 0 Å². The molecule has 2 saturated heterocycles. The second kappa shape index (κ2) is 5.36. The summed E-state index contributed by atoms with van der Waals surface area (Å²) in [6, 6.07) is 8.52. The Hall–Kier alpha value is -0.600. The fourth-order valence-corrected chi connectivity index (χ4v) is 3.30. The highest BCUT2D eigenvalue weighted by Crippen LogP contribution is 2.32. The van der Waals surface area contributed by atoms with Crippen molar-refractivity contribution >= 4 is 12.4 Å². The summed E-state index contributed by atoms with van der Waals surface area (Å²) >= 11 is 0. The fourth-order valence-electron chi connectivity index (χ4n) is 3.30. The van der Waals surface area contributed by atoms with Gasteiger partial charge in [0.1, 0.15) is 5.82 Å². The van der Waals surface area contributed by atoms with Gasteiger partial charge in [0, 0.05) is 12.1 Å². The number of piperidine rings is 1. The van der Waals surface area contributed by atoms with Crippen LogP contribution in [0.3, 0.4) is 0 Å². The van der Waals surface area contributed by atoms with E-state index in [0.717, 1.165) is 24.4 Å². The van der Waals surface area contributed by atoms with Crippen molar-refractivity contribution in [3.8, 4) is 0 Å². The maximum atomic E-state index is 12.8. The Morgan fingerprint density at radius 2 is 1.65 bits per heavy atom. The van der Waals surface area contributed by atoms with Gasteiger partial charge in [-0.1, -0.05) is 12.1 Å². The molecule has 2 aliphatic heterocycles. The minimum absolute atomic E-state index is 0. The first-order valence-corrected chi connectivity index (χ1v) is 6.30. The Morgan fingerprint density at radius 3 is 2.24 bits per heavy atom. The van der Waals surface area contributed by atoms with E-state index in [1.54, 1.807) is 12.1 Å². The zero-order valence-electron chi connectivity index (χ0n) is 9.86. The first kappa shape index (κ1) is 12.8. The lowest BCUT2D eigenvalue weighted by atomic mass is 9.87. The van der Waals surface area contributed by atoms with Crippen LogP contribution in [0.4, 0.5) is 4.39 Å². The minimum atomic E-state index is -0.130. The lowest BCUT2D eigenvalue weighted by Crippen LogP contribution is -2.38. The molecule has 1 nitrogen and oxygen atoms in total. The van der Waals surface area contributed by atoms with Crippen molar-refractivity contribution < 1.29 is 4.39 Å². The summed E-state index contributed by atoms with van der Waals surface area (Å²) in [6.07, 6.45) is 6.42. The van der Waals surface area contributed by atoms with Crippen molar-refractivity contribution in [3.63, 3.8) is 0 Å². The van der Waals surface area contributed by atoms with Gasteiger partial charge in [-0.25, -0.2) is 4.39 Å². The molecule has 0 aromatic heterocycles. The Labute approximate surface area is 108 Å². The van der Waals surface area contributed by atoms with E-state index < -0.39 is 0 Å². The molecule has 2 atom stereocenters. The van der Waals surface area contributed by atoms with Gasteiger partial charge in [0.15, 0.2) is 0 Å². The van der Waals surface area contributed by atoms with Gasteiger partial charge in [0.05, 0.1) is 0 Å². The standard InChI is InChI=1S/C14H18FN.ClH/c15-12-3-1-10(2-4-12)7-11-8-13-5-6-14(9-11)16-13;/h1-4,11,13-14,16H,5-9H2;1H. The van der Waals surface area contributed by atoms with Crippen LogP contribution in [-0.4, -0.2) is 12.1 Å². The monoisotopic (exact) mass is 255 g/mol. The van der Waals surface area contributed by atoms with Crippen LogP contribution in [0, 0.1) is 11.7 Å². The fraction of sp³-hybridized carbons (Fsp3) is 0.571. The van der Waals surface area contributed by atoms with E-state index in [4.69, 9.17) is 0 Å². The van der Waals surface area contributed by atoms with Crippen LogP contribution in [-0.2, 0) is 6.42 Å². The van der Waals surface area contributed by atoms with Crippen molar-refractivity contribution in [1.29, 1.82) is 0 Å². The summed E-state index contributed by atoms with van der Waals surface area (Å²) in [5.74, 6) is 0.665. The van der Waals surface area contributed by atoms with Gasteiger partial charge in [-0.05, 0) is 55.7 Å². The molecule has 1 aromatic carbocycles. The molecule has 1 aromatic rings.